The molecule has 1 aromatic heterocycles. The number of nitrogens with zero attached hydrogens (tertiary/aromatic N) is 2. The molecule has 0 aliphatic carbocycles. The fourth-order valence-corrected chi connectivity index (χ4v) is 4.93. The lowest BCUT2D eigenvalue weighted by molar-refractivity contribution is 0.252. The van der Waals surface area contributed by atoms with Gasteiger partial charge in [-0.15, -0.1) is 0 Å². The molecule has 0 spiro atoms. The number of nitrogens with one attached hydrogen (secondary N) is 2. The van der Waals surface area contributed by atoms with Crippen molar-refractivity contribution in [2.45, 2.75) is 18.6 Å². The number of carbonyl (C=O) groups is 1. The van der Waals surface area contributed by atoms with Crippen LogP contribution >= 0.6 is 11.8 Å². The quantitative estimate of drug-likeness (QED) is 0.177. The fraction of sp³-hybridized carbons (Fsp3) is 0.241. The molecule has 4 rings (SSSR count). The normalized spacial score (nSPS) is 10.6. The van der Waals surface area contributed by atoms with Crippen LogP contribution in [-0.2, 0) is 6.54 Å². The summed E-state index contributed by atoms with van der Waals surface area (Å²) in [5.74, 6) is 2.94. The lowest BCUT2D eigenvalue weighted by Crippen LogP contribution is -2.30. The molecule has 0 aliphatic heterocycles. The van der Waals surface area contributed by atoms with Gasteiger partial charge in [0.25, 0.3) is 0 Å². The average Bonchev–Trinajstić information content (AvgIpc) is 3.33. The molecule has 0 saturated heterocycles. The van der Waals surface area contributed by atoms with Crippen LogP contribution in [0, 0.1) is 0 Å². The molecule has 0 aliphatic rings. The SMILES string of the molecule is CCn1c(SCCNC(=O)Nc2cccc(OC)c2)nc(-c2ccc(OC)cc2)c1-c1ccc(OC)cc1. The summed E-state index contributed by atoms with van der Waals surface area (Å²) in [7, 11) is 4.91. The van der Waals surface area contributed by atoms with Crippen molar-refractivity contribution < 1.29 is 19.0 Å². The van der Waals surface area contributed by atoms with E-state index in [2.05, 4.69) is 22.1 Å². The first-order valence-electron chi connectivity index (χ1n) is 12.3. The van der Waals surface area contributed by atoms with Gasteiger partial charge in [-0.1, -0.05) is 17.8 Å². The minimum atomic E-state index is -0.268. The molecule has 0 fully saturated rings. The Hall–Kier alpha value is -4.11. The molecular weight excluding hydrogens is 500 g/mol. The molecule has 0 radical (unpaired) electrons. The van der Waals surface area contributed by atoms with E-state index >= 15 is 0 Å². The number of ether oxygens (including phenoxy) is 3. The molecule has 1 heterocycles. The van der Waals surface area contributed by atoms with E-state index in [9.17, 15) is 4.79 Å². The Bertz CT molecular complexity index is 1350. The summed E-state index contributed by atoms with van der Waals surface area (Å²) in [5.41, 5.74) is 4.65. The largest absolute Gasteiger partial charge is 0.497 e. The maximum atomic E-state index is 12.4. The zero-order chi connectivity index (χ0) is 26.9. The van der Waals surface area contributed by atoms with E-state index in [0.29, 0.717) is 23.7 Å². The van der Waals surface area contributed by atoms with E-state index in [0.717, 1.165) is 45.7 Å². The summed E-state index contributed by atoms with van der Waals surface area (Å²) in [6, 6.07) is 22.9. The summed E-state index contributed by atoms with van der Waals surface area (Å²) >= 11 is 1.61. The highest BCUT2D eigenvalue weighted by atomic mass is 32.2. The lowest BCUT2D eigenvalue weighted by atomic mass is 10.0. The maximum absolute atomic E-state index is 12.4. The zero-order valence-electron chi connectivity index (χ0n) is 22.0. The second-order valence-electron chi connectivity index (χ2n) is 8.25. The number of aromatic nitrogens is 2. The lowest BCUT2D eigenvalue weighted by Gasteiger charge is -2.12. The van der Waals surface area contributed by atoms with Gasteiger partial charge in [-0.25, -0.2) is 9.78 Å². The molecule has 0 unspecified atom stereocenters. The molecular formula is C29H32N4O4S. The van der Waals surface area contributed by atoms with Gasteiger partial charge < -0.3 is 29.4 Å². The molecule has 0 bridgehead atoms. The molecule has 0 atom stereocenters. The van der Waals surface area contributed by atoms with Crippen LogP contribution in [-0.4, -0.2) is 49.2 Å². The zero-order valence-corrected chi connectivity index (χ0v) is 22.8. The van der Waals surface area contributed by atoms with E-state index in [4.69, 9.17) is 19.2 Å². The Morgan fingerprint density at radius 2 is 1.50 bits per heavy atom. The number of benzene rings is 3. The molecule has 38 heavy (non-hydrogen) atoms. The standard InChI is InChI=1S/C29H32N4O4S/c1-5-33-27(21-11-15-24(36-3)16-12-21)26(20-9-13-23(35-2)14-10-20)32-29(33)38-18-17-30-28(34)31-22-7-6-8-25(19-22)37-4/h6-16,19H,5,17-18H2,1-4H3,(H2,30,31,34). The minimum absolute atomic E-state index is 0.268. The highest BCUT2D eigenvalue weighted by Gasteiger charge is 2.20. The van der Waals surface area contributed by atoms with Crippen LogP contribution in [0.5, 0.6) is 17.2 Å². The molecule has 9 heteroatoms. The third kappa shape index (κ3) is 6.41. The average molecular weight is 533 g/mol. The minimum Gasteiger partial charge on any atom is -0.497 e. The smallest absolute Gasteiger partial charge is 0.319 e. The predicted molar refractivity (Wildman–Crippen MR) is 153 cm³/mol. The van der Waals surface area contributed by atoms with E-state index < -0.39 is 0 Å². The Kier molecular flexibility index (Phi) is 9.16. The molecule has 3 aromatic carbocycles. The van der Waals surface area contributed by atoms with Gasteiger partial charge in [0, 0.05) is 41.7 Å². The van der Waals surface area contributed by atoms with Gasteiger partial charge >= 0.3 is 6.03 Å². The number of methoxy groups -OCH3 is 3. The van der Waals surface area contributed by atoms with Crippen LogP contribution in [0.15, 0.2) is 78.0 Å². The van der Waals surface area contributed by atoms with Gasteiger partial charge in [-0.3, -0.25) is 0 Å². The predicted octanol–water partition coefficient (Wildman–Crippen LogP) is 6.18. The summed E-state index contributed by atoms with van der Waals surface area (Å²) in [4.78, 5) is 17.4. The van der Waals surface area contributed by atoms with Gasteiger partial charge in [0.15, 0.2) is 5.16 Å². The number of thioether (sulfide) groups is 1. The van der Waals surface area contributed by atoms with E-state index in [-0.39, 0.29) is 6.03 Å². The first kappa shape index (κ1) is 26.9. The number of hydrogen-bond acceptors (Lipinski definition) is 6. The van der Waals surface area contributed by atoms with Gasteiger partial charge in [0.2, 0.25) is 0 Å². The Balaban J connectivity index is 1.51. The number of urea groups is 1. The van der Waals surface area contributed by atoms with Crippen molar-refractivity contribution >= 4 is 23.5 Å². The Morgan fingerprint density at radius 3 is 2.11 bits per heavy atom. The number of rotatable bonds is 11. The maximum Gasteiger partial charge on any atom is 0.319 e. The number of anilines is 1. The second-order valence-corrected chi connectivity index (χ2v) is 9.32. The van der Waals surface area contributed by atoms with Crippen molar-refractivity contribution in [3.8, 4) is 39.8 Å². The van der Waals surface area contributed by atoms with E-state index in [1.54, 1.807) is 39.2 Å². The van der Waals surface area contributed by atoms with Crippen molar-refractivity contribution in [3.63, 3.8) is 0 Å². The van der Waals surface area contributed by atoms with Crippen molar-refractivity contribution in [1.82, 2.24) is 14.9 Å². The Labute approximate surface area is 227 Å². The summed E-state index contributed by atoms with van der Waals surface area (Å²) in [6.07, 6.45) is 0. The van der Waals surface area contributed by atoms with E-state index in [1.165, 1.54) is 0 Å². The summed E-state index contributed by atoms with van der Waals surface area (Å²) in [5, 5.41) is 6.63. The molecule has 8 nitrogen and oxygen atoms in total. The Morgan fingerprint density at radius 1 is 0.868 bits per heavy atom. The highest BCUT2D eigenvalue weighted by molar-refractivity contribution is 7.99. The molecule has 198 valence electrons. The van der Waals surface area contributed by atoms with Gasteiger partial charge in [0.05, 0.1) is 32.7 Å². The van der Waals surface area contributed by atoms with Crippen LogP contribution in [0.1, 0.15) is 6.92 Å². The fourth-order valence-electron chi connectivity index (χ4n) is 4.01. The van der Waals surface area contributed by atoms with Gasteiger partial charge in [-0.2, -0.15) is 0 Å². The number of amides is 2. The number of carbonyl (C=O) groups excluding carboxylic acids is 1. The highest BCUT2D eigenvalue weighted by Crippen LogP contribution is 2.37. The first-order valence-corrected chi connectivity index (χ1v) is 13.3. The monoisotopic (exact) mass is 532 g/mol. The first-order chi connectivity index (χ1) is 18.6. The van der Waals surface area contributed by atoms with Gasteiger partial charge in [0.1, 0.15) is 17.2 Å². The molecule has 4 aromatic rings. The second kappa shape index (κ2) is 12.9. The molecule has 0 saturated carbocycles. The topological polar surface area (TPSA) is 86.6 Å². The van der Waals surface area contributed by atoms with Crippen LogP contribution in [0.4, 0.5) is 10.5 Å². The van der Waals surface area contributed by atoms with Crippen molar-refractivity contribution in [2.24, 2.45) is 0 Å². The van der Waals surface area contributed by atoms with E-state index in [1.807, 2.05) is 66.7 Å². The molecule has 2 N–H and O–H groups in total. The van der Waals surface area contributed by atoms with Crippen LogP contribution in [0.3, 0.4) is 0 Å². The van der Waals surface area contributed by atoms with Crippen molar-refractivity contribution in [1.29, 1.82) is 0 Å². The van der Waals surface area contributed by atoms with Crippen LogP contribution < -0.4 is 24.8 Å². The van der Waals surface area contributed by atoms with Crippen molar-refractivity contribution in [2.75, 3.05) is 38.9 Å². The third-order valence-electron chi connectivity index (χ3n) is 5.92. The van der Waals surface area contributed by atoms with Crippen LogP contribution in [0.2, 0.25) is 0 Å². The van der Waals surface area contributed by atoms with Gasteiger partial charge in [-0.05, 0) is 67.6 Å². The van der Waals surface area contributed by atoms with Crippen LogP contribution in [0.25, 0.3) is 22.5 Å². The summed E-state index contributed by atoms with van der Waals surface area (Å²) < 4.78 is 18.1. The van der Waals surface area contributed by atoms with Crippen molar-refractivity contribution in [3.05, 3.63) is 72.8 Å². The number of imidazole rings is 1. The summed E-state index contributed by atoms with van der Waals surface area (Å²) in [6.45, 7) is 3.33. The number of hydrogen-bond donors (Lipinski definition) is 2. The third-order valence-corrected chi connectivity index (χ3v) is 6.90. The molecule has 2 amide bonds.